The van der Waals surface area contributed by atoms with Gasteiger partial charge < -0.3 is 5.32 Å². The molecule has 1 N–H and O–H groups in total. The van der Waals surface area contributed by atoms with Crippen LogP contribution in [-0.4, -0.2) is 22.0 Å². The number of likely N-dealkylation sites (N-methyl/N-ethyl adjacent to an activating group) is 1. The number of aromatic nitrogens is 3. The van der Waals surface area contributed by atoms with Crippen LogP contribution in [0.5, 0.6) is 0 Å². The van der Waals surface area contributed by atoms with Crippen molar-refractivity contribution in [3.8, 4) is 0 Å². The van der Waals surface area contributed by atoms with Crippen LogP contribution < -0.4 is 5.32 Å². The van der Waals surface area contributed by atoms with Gasteiger partial charge in [-0.2, -0.15) is 0 Å². The van der Waals surface area contributed by atoms with Crippen LogP contribution in [0.15, 0.2) is 28.9 Å². The van der Waals surface area contributed by atoms with Crippen LogP contribution in [0.4, 0.5) is 0 Å². The van der Waals surface area contributed by atoms with Crippen LogP contribution in [0, 0.1) is 0 Å². The Labute approximate surface area is 121 Å². The molecule has 5 heteroatoms. The van der Waals surface area contributed by atoms with Crippen LogP contribution in [0.3, 0.4) is 0 Å². The standard InChI is InChI=1S/C14H17BrN4/c1-16-12(13-14(15)17-18-19(13)2)11-8-7-9-5-3-4-6-10(9)11/h3-6,11-12,16H,7-8H2,1-2H3. The van der Waals surface area contributed by atoms with Gasteiger partial charge in [-0.05, 0) is 46.9 Å². The topological polar surface area (TPSA) is 42.7 Å². The second-order valence-electron chi connectivity index (χ2n) is 5.00. The summed E-state index contributed by atoms with van der Waals surface area (Å²) in [6.07, 6.45) is 2.32. The quantitative estimate of drug-likeness (QED) is 0.945. The van der Waals surface area contributed by atoms with E-state index in [1.807, 2.05) is 18.8 Å². The number of nitrogens with one attached hydrogen (secondary N) is 1. The summed E-state index contributed by atoms with van der Waals surface area (Å²) in [7, 11) is 3.95. The van der Waals surface area contributed by atoms with Gasteiger partial charge in [0, 0.05) is 13.0 Å². The maximum atomic E-state index is 4.10. The van der Waals surface area contributed by atoms with E-state index in [2.05, 4.69) is 55.8 Å². The second-order valence-corrected chi connectivity index (χ2v) is 5.75. The fraction of sp³-hybridized carbons (Fsp3) is 0.429. The van der Waals surface area contributed by atoms with Gasteiger partial charge in [0.1, 0.15) is 0 Å². The minimum atomic E-state index is 0.234. The van der Waals surface area contributed by atoms with Crippen molar-refractivity contribution in [2.75, 3.05) is 7.05 Å². The Bertz CT molecular complexity index is 573. The lowest BCUT2D eigenvalue weighted by atomic mass is 9.91. The van der Waals surface area contributed by atoms with E-state index in [0.717, 1.165) is 16.7 Å². The van der Waals surface area contributed by atoms with Gasteiger partial charge >= 0.3 is 0 Å². The first-order valence-electron chi connectivity index (χ1n) is 6.52. The molecule has 1 aromatic carbocycles. The molecule has 0 amide bonds. The first kappa shape index (κ1) is 12.8. The number of hydrogen-bond donors (Lipinski definition) is 1. The zero-order valence-corrected chi connectivity index (χ0v) is 12.7. The van der Waals surface area contributed by atoms with Crippen molar-refractivity contribution in [2.45, 2.75) is 24.8 Å². The minimum absolute atomic E-state index is 0.234. The van der Waals surface area contributed by atoms with Crippen LogP contribution in [0.1, 0.15) is 35.2 Å². The van der Waals surface area contributed by atoms with Crippen LogP contribution in [-0.2, 0) is 13.5 Å². The fourth-order valence-corrected chi connectivity index (χ4v) is 3.71. The molecular formula is C14H17BrN4. The molecule has 2 unspecified atom stereocenters. The summed E-state index contributed by atoms with van der Waals surface area (Å²) < 4.78 is 2.69. The van der Waals surface area contributed by atoms with Crippen molar-refractivity contribution in [3.63, 3.8) is 0 Å². The highest BCUT2D eigenvalue weighted by Crippen LogP contribution is 2.42. The van der Waals surface area contributed by atoms with Crippen molar-refractivity contribution in [1.82, 2.24) is 20.3 Å². The molecule has 4 nitrogen and oxygen atoms in total. The average Bonchev–Trinajstić information content (AvgIpc) is 2.98. The predicted molar refractivity (Wildman–Crippen MR) is 78.0 cm³/mol. The summed E-state index contributed by atoms with van der Waals surface area (Å²) in [5, 5.41) is 11.6. The molecule has 0 bridgehead atoms. The predicted octanol–water partition coefficient (Wildman–Crippen LogP) is 2.57. The molecule has 0 aliphatic heterocycles. The highest BCUT2D eigenvalue weighted by atomic mass is 79.9. The van der Waals surface area contributed by atoms with Gasteiger partial charge in [-0.1, -0.05) is 29.5 Å². The summed E-state index contributed by atoms with van der Waals surface area (Å²) in [5.41, 5.74) is 4.04. The summed E-state index contributed by atoms with van der Waals surface area (Å²) in [6, 6.07) is 8.96. The number of benzene rings is 1. The Morgan fingerprint density at radius 1 is 1.42 bits per heavy atom. The second kappa shape index (κ2) is 5.06. The van der Waals surface area contributed by atoms with E-state index in [1.54, 1.807) is 0 Å². The number of rotatable bonds is 3. The molecule has 1 aromatic heterocycles. The molecule has 3 rings (SSSR count). The molecule has 0 fully saturated rings. The van der Waals surface area contributed by atoms with Gasteiger partial charge in [0.05, 0.1) is 11.7 Å². The Morgan fingerprint density at radius 3 is 2.89 bits per heavy atom. The van der Waals surface area contributed by atoms with Crippen molar-refractivity contribution in [3.05, 3.63) is 45.7 Å². The van der Waals surface area contributed by atoms with Gasteiger partial charge in [-0.25, -0.2) is 4.68 Å². The van der Waals surface area contributed by atoms with Gasteiger partial charge in [0.25, 0.3) is 0 Å². The number of nitrogens with zero attached hydrogens (tertiary/aromatic N) is 3. The largest absolute Gasteiger partial charge is 0.311 e. The van der Waals surface area contributed by atoms with E-state index < -0.39 is 0 Å². The molecule has 0 saturated heterocycles. The molecule has 1 aliphatic rings. The number of fused-ring (bicyclic) bond motifs is 1. The smallest absolute Gasteiger partial charge is 0.153 e. The molecule has 2 atom stereocenters. The highest BCUT2D eigenvalue weighted by molar-refractivity contribution is 9.10. The lowest BCUT2D eigenvalue weighted by molar-refractivity contribution is 0.446. The zero-order chi connectivity index (χ0) is 13.4. The van der Waals surface area contributed by atoms with Crippen molar-refractivity contribution in [2.24, 2.45) is 7.05 Å². The molecule has 19 heavy (non-hydrogen) atoms. The Hall–Kier alpha value is -1.20. The van der Waals surface area contributed by atoms with Crippen LogP contribution in [0.2, 0.25) is 0 Å². The van der Waals surface area contributed by atoms with Gasteiger partial charge in [0.15, 0.2) is 4.60 Å². The molecular weight excluding hydrogens is 304 g/mol. The fourth-order valence-electron chi connectivity index (χ4n) is 3.13. The SMILES string of the molecule is CNC(c1c(Br)nnn1C)C1CCc2ccccc21. The van der Waals surface area contributed by atoms with E-state index >= 15 is 0 Å². The maximum absolute atomic E-state index is 4.10. The zero-order valence-electron chi connectivity index (χ0n) is 11.1. The number of aryl methyl sites for hydroxylation is 2. The summed E-state index contributed by atoms with van der Waals surface area (Å²) in [6.45, 7) is 0. The third-order valence-corrected chi connectivity index (χ3v) is 4.58. The summed E-state index contributed by atoms with van der Waals surface area (Å²) in [4.78, 5) is 0. The van der Waals surface area contributed by atoms with Crippen molar-refractivity contribution in [1.29, 1.82) is 0 Å². The van der Waals surface area contributed by atoms with E-state index in [1.165, 1.54) is 17.5 Å². The van der Waals surface area contributed by atoms with Gasteiger partial charge in [0.2, 0.25) is 0 Å². The van der Waals surface area contributed by atoms with E-state index in [4.69, 9.17) is 0 Å². The minimum Gasteiger partial charge on any atom is -0.311 e. The van der Waals surface area contributed by atoms with Crippen LogP contribution >= 0.6 is 15.9 Å². The lowest BCUT2D eigenvalue weighted by Gasteiger charge is -2.24. The summed E-state index contributed by atoms with van der Waals surface area (Å²) in [5.74, 6) is 0.481. The van der Waals surface area contributed by atoms with E-state index in [-0.39, 0.29) is 6.04 Å². The Balaban J connectivity index is 2.01. The molecule has 1 heterocycles. The van der Waals surface area contributed by atoms with Crippen molar-refractivity contribution >= 4 is 15.9 Å². The molecule has 2 aromatic rings. The first-order valence-corrected chi connectivity index (χ1v) is 7.31. The Morgan fingerprint density at radius 2 is 2.21 bits per heavy atom. The monoisotopic (exact) mass is 320 g/mol. The van der Waals surface area contributed by atoms with E-state index in [0.29, 0.717) is 5.92 Å². The molecule has 0 radical (unpaired) electrons. The number of halogens is 1. The molecule has 1 aliphatic carbocycles. The third kappa shape index (κ3) is 2.11. The van der Waals surface area contributed by atoms with Crippen molar-refractivity contribution < 1.29 is 0 Å². The lowest BCUT2D eigenvalue weighted by Crippen LogP contribution is -2.25. The molecule has 0 saturated carbocycles. The third-order valence-electron chi connectivity index (χ3n) is 4.01. The van der Waals surface area contributed by atoms with Gasteiger partial charge in [-0.3, -0.25) is 0 Å². The summed E-state index contributed by atoms with van der Waals surface area (Å²) >= 11 is 3.51. The highest BCUT2D eigenvalue weighted by Gasteiger charge is 2.32. The van der Waals surface area contributed by atoms with Gasteiger partial charge in [-0.15, -0.1) is 5.10 Å². The Kier molecular flexibility index (Phi) is 3.41. The molecule has 0 spiro atoms. The normalized spacial score (nSPS) is 19.4. The number of hydrogen-bond acceptors (Lipinski definition) is 3. The van der Waals surface area contributed by atoms with Crippen LogP contribution in [0.25, 0.3) is 0 Å². The van der Waals surface area contributed by atoms with E-state index in [9.17, 15) is 0 Å². The first-order chi connectivity index (χ1) is 9.22. The maximum Gasteiger partial charge on any atom is 0.153 e. The molecule has 100 valence electrons. The average molecular weight is 321 g/mol.